The van der Waals surface area contributed by atoms with Gasteiger partial charge in [0.05, 0.1) is 12.5 Å². The minimum Gasteiger partial charge on any atom is -0.466 e. The number of benzene rings is 2. The van der Waals surface area contributed by atoms with Gasteiger partial charge < -0.3 is 4.74 Å². The van der Waals surface area contributed by atoms with Crippen LogP contribution in [0.3, 0.4) is 0 Å². The van der Waals surface area contributed by atoms with Crippen LogP contribution in [0.25, 0.3) is 10.8 Å². The molecule has 0 spiro atoms. The second-order valence-corrected chi connectivity index (χ2v) is 5.93. The molecule has 2 nitrogen and oxygen atoms in total. The molecule has 1 atom stereocenters. The molecule has 0 bridgehead atoms. The highest BCUT2D eigenvalue weighted by Crippen LogP contribution is 2.30. The van der Waals surface area contributed by atoms with Crippen LogP contribution in [0.5, 0.6) is 0 Å². The van der Waals surface area contributed by atoms with E-state index in [4.69, 9.17) is 4.74 Å². The van der Waals surface area contributed by atoms with Gasteiger partial charge in [0, 0.05) is 0 Å². The average molecular weight is 284 g/mol. The summed E-state index contributed by atoms with van der Waals surface area (Å²) in [7, 11) is 0. The number of fused-ring (bicyclic) bond motifs is 1. The summed E-state index contributed by atoms with van der Waals surface area (Å²) in [6.45, 7) is 8.64. The molecular weight excluding hydrogens is 260 g/mol. The molecule has 2 heteroatoms. The molecule has 0 aliphatic carbocycles. The molecule has 1 unspecified atom stereocenters. The monoisotopic (exact) mass is 284 g/mol. The second-order valence-electron chi connectivity index (χ2n) is 5.93. The fourth-order valence-electron chi connectivity index (χ4n) is 2.77. The van der Waals surface area contributed by atoms with Gasteiger partial charge in [0.25, 0.3) is 0 Å². The first kappa shape index (κ1) is 15.6. The summed E-state index contributed by atoms with van der Waals surface area (Å²) in [4.78, 5) is 12.0. The van der Waals surface area contributed by atoms with Crippen molar-refractivity contribution in [3.8, 4) is 0 Å². The van der Waals surface area contributed by atoms with E-state index >= 15 is 0 Å². The molecule has 2 aromatic carbocycles. The van der Waals surface area contributed by atoms with Crippen molar-refractivity contribution in [1.29, 1.82) is 0 Å². The summed E-state index contributed by atoms with van der Waals surface area (Å²) in [5.74, 6) is 0.226. The zero-order valence-corrected chi connectivity index (χ0v) is 13.3. The molecule has 0 heterocycles. The maximum Gasteiger partial charge on any atom is 0.313 e. The van der Waals surface area contributed by atoms with Gasteiger partial charge in [-0.15, -0.1) is 0 Å². The van der Waals surface area contributed by atoms with E-state index in [2.05, 4.69) is 44.2 Å². The number of esters is 1. The summed E-state index contributed by atoms with van der Waals surface area (Å²) in [6, 6.07) is 12.6. The summed E-state index contributed by atoms with van der Waals surface area (Å²) in [5, 5.41) is 2.41. The van der Waals surface area contributed by atoms with Crippen LogP contribution in [0.1, 0.15) is 44.7 Å². The Hall–Kier alpha value is -1.83. The van der Waals surface area contributed by atoms with E-state index in [-0.39, 0.29) is 11.9 Å². The molecule has 2 rings (SSSR count). The maximum atomic E-state index is 12.0. The van der Waals surface area contributed by atoms with Crippen LogP contribution in [-0.4, -0.2) is 12.6 Å². The standard InChI is InChI=1S/C19H24O2/c1-5-21-19(20)14(4)16-11-10-15(12-13(2)3)17-8-6-7-9-18(16)17/h6-11,13-14H,5,12H2,1-4H3. The molecular formula is C19H24O2. The van der Waals surface area contributed by atoms with Crippen LogP contribution >= 0.6 is 0 Å². The Morgan fingerprint density at radius 3 is 2.33 bits per heavy atom. The fourth-order valence-corrected chi connectivity index (χ4v) is 2.77. The van der Waals surface area contributed by atoms with Gasteiger partial charge >= 0.3 is 5.97 Å². The first-order valence-electron chi connectivity index (χ1n) is 7.71. The molecule has 21 heavy (non-hydrogen) atoms. The van der Waals surface area contributed by atoms with Gasteiger partial charge in [0.2, 0.25) is 0 Å². The molecule has 0 fully saturated rings. The van der Waals surface area contributed by atoms with E-state index in [0.29, 0.717) is 12.5 Å². The van der Waals surface area contributed by atoms with E-state index in [0.717, 1.165) is 17.4 Å². The van der Waals surface area contributed by atoms with Crippen LogP contribution in [0.15, 0.2) is 36.4 Å². The first-order chi connectivity index (χ1) is 10.0. The minimum atomic E-state index is -0.233. The number of carbonyl (C=O) groups excluding carboxylic acids is 1. The topological polar surface area (TPSA) is 26.3 Å². The molecule has 0 saturated carbocycles. The van der Waals surface area contributed by atoms with Gasteiger partial charge in [0.1, 0.15) is 0 Å². The van der Waals surface area contributed by atoms with E-state index < -0.39 is 0 Å². The highest BCUT2D eigenvalue weighted by atomic mass is 16.5. The van der Waals surface area contributed by atoms with Gasteiger partial charge in [-0.25, -0.2) is 0 Å². The van der Waals surface area contributed by atoms with Gasteiger partial charge in [0.15, 0.2) is 0 Å². The van der Waals surface area contributed by atoms with Crippen molar-refractivity contribution in [2.24, 2.45) is 5.92 Å². The molecule has 0 aliphatic rings. The summed E-state index contributed by atoms with van der Waals surface area (Å²) >= 11 is 0. The third-order valence-electron chi connectivity index (χ3n) is 3.78. The second kappa shape index (κ2) is 6.75. The Balaban J connectivity index is 2.49. The van der Waals surface area contributed by atoms with E-state index in [1.165, 1.54) is 10.9 Å². The Morgan fingerprint density at radius 1 is 1.05 bits per heavy atom. The zero-order valence-electron chi connectivity index (χ0n) is 13.3. The Kier molecular flexibility index (Phi) is 5.00. The molecule has 0 aromatic heterocycles. The molecule has 0 saturated heterocycles. The van der Waals surface area contributed by atoms with Crippen molar-refractivity contribution < 1.29 is 9.53 Å². The molecule has 112 valence electrons. The number of carbonyl (C=O) groups is 1. The number of ether oxygens (including phenoxy) is 1. The SMILES string of the molecule is CCOC(=O)C(C)c1ccc(CC(C)C)c2ccccc12. The van der Waals surface area contributed by atoms with Gasteiger partial charge in [-0.05, 0) is 48.1 Å². The average Bonchev–Trinajstić information content (AvgIpc) is 2.46. The molecule has 0 amide bonds. The smallest absolute Gasteiger partial charge is 0.313 e. The van der Waals surface area contributed by atoms with Crippen molar-refractivity contribution in [1.82, 2.24) is 0 Å². The largest absolute Gasteiger partial charge is 0.466 e. The van der Waals surface area contributed by atoms with Gasteiger partial charge in [-0.2, -0.15) is 0 Å². The van der Waals surface area contributed by atoms with Crippen LogP contribution < -0.4 is 0 Å². The minimum absolute atomic E-state index is 0.153. The molecule has 2 aromatic rings. The third-order valence-corrected chi connectivity index (χ3v) is 3.78. The molecule has 0 aliphatic heterocycles. The third kappa shape index (κ3) is 3.44. The van der Waals surface area contributed by atoms with Crippen LogP contribution in [-0.2, 0) is 16.0 Å². The highest BCUT2D eigenvalue weighted by Gasteiger charge is 2.19. The van der Waals surface area contributed by atoms with Crippen molar-refractivity contribution in [3.63, 3.8) is 0 Å². The van der Waals surface area contributed by atoms with Crippen molar-refractivity contribution >= 4 is 16.7 Å². The normalized spacial score (nSPS) is 12.6. The Morgan fingerprint density at radius 2 is 1.71 bits per heavy atom. The van der Waals surface area contributed by atoms with Crippen LogP contribution in [0.2, 0.25) is 0 Å². The maximum absolute atomic E-state index is 12.0. The lowest BCUT2D eigenvalue weighted by atomic mass is 9.90. The fraction of sp³-hybridized carbons (Fsp3) is 0.421. The number of hydrogen-bond donors (Lipinski definition) is 0. The summed E-state index contributed by atoms with van der Waals surface area (Å²) in [5.41, 5.74) is 2.40. The predicted molar refractivity (Wildman–Crippen MR) is 87.5 cm³/mol. The lowest BCUT2D eigenvalue weighted by Gasteiger charge is -2.16. The molecule has 0 N–H and O–H groups in total. The van der Waals surface area contributed by atoms with Crippen molar-refractivity contribution in [3.05, 3.63) is 47.5 Å². The number of rotatable bonds is 5. The van der Waals surface area contributed by atoms with E-state index in [9.17, 15) is 4.79 Å². The number of hydrogen-bond acceptors (Lipinski definition) is 2. The van der Waals surface area contributed by atoms with Gasteiger partial charge in [-0.1, -0.05) is 50.2 Å². The van der Waals surface area contributed by atoms with E-state index in [1.807, 2.05) is 19.9 Å². The quantitative estimate of drug-likeness (QED) is 0.744. The van der Waals surface area contributed by atoms with Crippen LogP contribution in [0, 0.1) is 5.92 Å². The van der Waals surface area contributed by atoms with Gasteiger partial charge in [-0.3, -0.25) is 4.79 Å². The summed E-state index contributed by atoms with van der Waals surface area (Å²) < 4.78 is 5.16. The highest BCUT2D eigenvalue weighted by molar-refractivity contribution is 5.93. The first-order valence-corrected chi connectivity index (χ1v) is 7.71. The predicted octanol–water partition coefficient (Wildman–Crippen LogP) is 4.70. The molecule has 0 radical (unpaired) electrons. The Labute approximate surface area is 127 Å². The van der Waals surface area contributed by atoms with Crippen molar-refractivity contribution in [2.75, 3.05) is 6.61 Å². The Bertz CT molecular complexity index is 628. The lowest BCUT2D eigenvalue weighted by Crippen LogP contribution is -2.13. The van der Waals surface area contributed by atoms with Crippen LogP contribution in [0.4, 0.5) is 0 Å². The zero-order chi connectivity index (χ0) is 15.4. The van der Waals surface area contributed by atoms with Crippen molar-refractivity contribution in [2.45, 2.75) is 40.0 Å². The van der Waals surface area contributed by atoms with E-state index in [1.54, 1.807) is 0 Å². The summed E-state index contributed by atoms with van der Waals surface area (Å²) in [6.07, 6.45) is 1.05. The lowest BCUT2D eigenvalue weighted by molar-refractivity contribution is -0.144.